The first-order valence-electron chi connectivity index (χ1n) is 9.34. The molecule has 1 heterocycles. The van der Waals surface area contributed by atoms with E-state index < -0.39 is 11.7 Å². The van der Waals surface area contributed by atoms with Gasteiger partial charge in [-0.05, 0) is 35.7 Å². The van der Waals surface area contributed by atoms with E-state index in [9.17, 15) is 13.2 Å². The lowest BCUT2D eigenvalue weighted by Gasteiger charge is -2.39. The number of nitrogens with one attached hydrogen (secondary N) is 1. The summed E-state index contributed by atoms with van der Waals surface area (Å²) >= 11 is 0. The molecule has 4 rings (SSSR count). The first-order valence-corrected chi connectivity index (χ1v) is 9.34. The molecule has 0 radical (unpaired) electrons. The van der Waals surface area contributed by atoms with Crippen molar-refractivity contribution in [3.63, 3.8) is 0 Å². The molecule has 0 spiro atoms. The molecule has 2 aromatic carbocycles. The number of hydrogen-bond acceptors (Lipinski definition) is 1. The maximum atomic E-state index is 12.9. The summed E-state index contributed by atoms with van der Waals surface area (Å²) in [7, 11) is 0. The largest absolute Gasteiger partial charge is 0.416 e. The van der Waals surface area contributed by atoms with Crippen LogP contribution < -0.4 is 9.80 Å². The van der Waals surface area contributed by atoms with Crippen molar-refractivity contribution in [3.05, 3.63) is 65.2 Å². The van der Waals surface area contributed by atoms with Crippen molar-refractivity contribution < 1.29 is 18.1 Å². The van der Waals surface area contributed by atoms with Crippen LogP contribution in [0.5, 0.6) is 0 Å². The van der Waals surface area contributed by atoms with Crippen LogP contribution in [0, 0.1) is 0 Å². The number of rotatable bonds is 2. The van der Waals surface area contributed by atoms with Gasteiger partial charge in [-0.1, -0.05) is 30.3 Å². The smallest absolute Gasteiger partial charge is 0.360 e. The summed E-state index contributed by atoms with van der Waals surface area (Å²) in [6, 6.07) is 15.0. The molecule has 0 amide bonds. The molecule has 1 fully saturated rings. The van der Waals surface area contributed by atoms with Gasteiger partial charge in [0.2, 0.25) is 0 Å². The SMILES string of the molecule is FC(F)(F)c1cccc(N2CC[NH+]([C@H]3CCc4ccccc4C3)CC2)c1. The van der Waals surface area contributed by atoms with Gasteiger partial charge in [0.25, 0.3) is 0 Å². The van der Waals surface area contributed by atoms with Crippen LogP contribution in [0.3, 0.4) is 0 Å². The molecule has 1 aliphatic carbocycles. The second-order valence-corrected chi connectivity index (χ2v) is 7.40. The first kappa shape index (κ1) is 17.4. The van der Waals surface area contributed by atoms with Crippen LogP contribution in [0.25, 0.3) is 0 Å². The fourth-order valence-electron chi connectivity index (χ4n) is 4.39. The Hall–Kier alpha value is -2.01. The molecule has 5 heteroatoms. The van der Waals surface area contributed by atoms with Crippen LogP contribution >= 0.6 is 0 Å². The number of piperazine rings is 1. The van der Waals surface area contributed by atoms with Crippen LogP contribution in [-0.4, -0.2) is 32.2 Å². The average Bonchev–Trinajstić information content (AvgIpc) is 2.67. The molecule has 0 bridgehead atoms. The second kappa shape index (κ2) is 6.95. The Bertz CT molecular complexity index is 764. The van der Waals surface area contributed by atoms with Crippen molar-refractivity contribution >= 4 is 5.69 Å². The normalized spacial score (nSPS) is 21.5. The van der Waals surface area contributed by atoms with E-state index in [0.29, 0.717) is 11.7 Å². The third kappa shape index (κ3) is 3.58. The quantitative estimate of drug-likeness (QED) is 0.864. The van der Waals surface area contributed by atoms with Crippen LogP contribution in [0.4, 0.5) is 18.9 Å². The number of aryl methyl sites for hydroxylation is 1. The molecule has 0 aromatic heterocycles. The van der Waals surface area contributed by atoms with Gasteiger partial charge in [-0.15, -0.1) is 0 Å². The summed E-state index contributed by atoms with van der Waals surface area (Å²) in [6.45, 7) is 3.61. The van der Waals surface area contributed by atoms with Gasteiger partial charge in [-0.3, -0.25) is 0 Å². The van der Waals surface area contributed by atoms with E-state index in [0.717, 1.165) is 45.1 Å². The molecule has 0 unspecified atom stereocenters. The maximum absolute atomic E-state index is 12.9. The predicted octanol–water partition coefficient (Wildman–Crippen LogP) is 2.97. The number of halogens is 3. The zero-order valence-electron chi connectivity index (χ0n) is 14.7. The summed E-state index contributed by atoms with van der Waals surface area (Å²) in [5.74, 6) is 0. The average molecular weight is 361 g/mol. The summed E-state index contributed by atoms with van der Waals surface area (Å²) in [5.41, 5.74) is 3.07. The molecule has 2 nitrogen and oxygen atoms in total. The van der Waals surface area contributed by atoms with Crippen molar-refractivity contribution in [3.8, 4) is 0 Å². The Balaban J connectivity index is 1.39. The molecule has 1 saturated heterocycles. The standard InChI is InChI=1S/C21H23F3N2/c22-21(23,24)18-6-3-7-19(15-18)25-10-12-26(13-11-25)20-9-8-16-4-1-2-5-17(16)14-20/h1-7,15,20H,8-14H2/p+1/t20-/m0/s1. The zero-order valence-corrected chi connectivity index (χ0v) is 14.7. The summed E-state index contributed by atoms with van der Waals surface area (Å²) < 4.78 is 38.8. The number of benzene rings is 2. The molecule has 0 saturated carbocycles. The lowest BCUT2D eigenvalue weighted by molar-refractivity contribution is -0.926. The third-order valence-corrected chi connectivity index (χ3v) is 5.87. The van der Waals surface area contributed by atoms with Gasteiger partial charge in [0.1, 0.15) is 0 Å². The van der Waals surface area contributed by atoms with Crippen molar-refractivity contribution in [2.45, 2.75) is 31.5 Å². The number of anilines is 1. The van der Waals surface area contributed by atoms with Crippen LogP contribution in [0.15, 0.2) is 48.5 Å². The van der Waals surface area contributed by atoms with Crippen molar-refractivity contribution in [2.75, 3.05) is 31.1 Å². The molecule has 2 aliphatic rings. The molecular weight excluding hydrogens is 337 g/mol. The van der Waals surface area contributed by atoms with Crippen LogP contribution in [0.1, 0.15) is 23.1 Å². The second-order valence-electron chi connectivity index (χ2n) is 7.40. The molecular formula is C21H24F3N2+. The lowest BCUT2D eigenvalue weighted by Crippen LogP contribution is -3.18. The molecule has 1 aliphatic heterocycles. The fourth-order valence-corrected chi connectivity index (χ4v) is 4.39. The van der Waals surface area contributed by atoms with Crippen LogP contribution in [-0.2, 0) is 19.0 Å². The number of fused-ring (bicyclic) bond motifs is 1. The number of hydrogen-bond donors (Lipinski definition) is 1. The van der Waals surface area contributed by atoms with E-state index in [2.05, 4.69) is 29.2 Å². The molecule has 26 heavy (non-hydrogen) atoms. The van der Waals surface area contributed by atoms with E-state index in [1.54, 1.807) is 11.0 Å². The maximum Gasteiger partial charge on any atom is 0.416 e. The summed E-state index contributed by atoms with van der Waals surface area (Å²) in [4.78, 5) is 3.69. The molecule has 2 aromatic rings. The Kier molecular flexibility index (Phi) is 4.65. The monoisotopic (exact) mass is 361 g/mol. The van der Waals surface area contributed by atoms with Gasteiger partial charge in [0, 0.05) is 18.5 Å². The highest BCUT2D eigenvalue weighted by molar-refractivity contribution is 5.49. The van der Waals surface area contributed by atoms with Gasteiger partial charge in [0.15, 0.2) is 0 Å². The molecule has 1 atom stereocenters. The molecule has 138 valence electrons. The predicted molar refractivity (Wildman–Crippen MR) is 96.6 cm³/mol. The topological polar surface area (TPSA) is 7.68 Å². The van der Waals surface area contributed by atoms with Crippen molar-refractivity contribution in [1.29, 1.82) is 0 Å². The van der Waals surface area contributed by atoms with E-state index in [1.165, 1.54) is 29.7 Å². The summed E-state index contributed by atoms with van der Waals surface area (Å²) in [5, 5.41) is 0. The van der Waals surface area contributed by atoms with Crippen molar-refractivity contribution in [2.24, 2.45) is 0 Å². The first-order chi connectivity index (χ1) is 12.5. The minimum absolute atomic E-state index is 0.561. The van der Waals surface area contributed by atoms with Gasteiger partial charge < -0.3 is 9.80 Å². The highest BCUT2D eigenvalue weighted by Gasteiger charge is 2.33. The minimum Gasteiger partial charge on any atom is -0.360 e. The van der Waals surface area contributed by atoms with Gasteiger partial charge in [-0.2, -0.15) is 13.2 Å². The third-order valence-electron chi connectivity index (χ3n) is 5.87. The Morgan fingerprint density at radius 1 is 0.923 bits per heavy atom. The van der Waals surface area contributed by atoms with Gasteiger partial charge in [0.05, 0.1) is 37.8 Å². The Morgan fingerprint density at radius 2 is 1.65 bits per heavy atom. The van der Waals surface area contributed by atoms with Crippen molar-refractivity contribution in [1.82, 2.24) is 0 Å². The fraction of sp³-hybridized carbons (Fsp3) is 0.429. The van der Waals surface area contributed by atoms with E-state index in [1.807, 2.05) is 0 Å². The summed E-state index contributed by atoms with van der Waals surface area (Å²) in [6.07, 6.45) is -0.814. The number of alkyl halides is 3. The molecule has 1 N–H and O–H groups in total. The van der Waals surface area contributed by atoms with E-state index in [4.69, 9.17) is 0 Å². The Morgan fingerprint density at radius 3 is 2.38 bits per heavy atom. The van der Waals surface area contributed by atoms with E-state index in [-0.39, 0.29) is 0 Å². The lowest BCUT2D eigenvalue weighted by atomic mass is 9.87. The van der Waals surface area contributed by atoms with Gasteiger partial charge in [-0.25, -0.2) is 0 Å². The van der Waals surface area contributed by atoms with Crippen LogP contribution in [0.2, 0.25) is 0 Å². The number of nitrogens with zero attached hydrogens (tertiary/aromatic N) is 1. The Labute approximate surface area is 152 Å². The highest BCUT2D eigenvalue weighted by Crippen LogP contribution is 2.31. The van der Waals surface area contributed by atoms with Gasteiger partial charge >= 0.3 is 6.18 Å². The number of quaternary nitrogens is 1. The highest BCUT2D eigenvalue weighted by atomic mass is 19.4. The minimum atomic E-state index is -4.28. The van der Waals surface area contributed by atoms with E-state index >= 15 is 0 Å². The zero-order chi connectivity index (χ0) is 18.1.